The minimum Gasteiger partial charge on any atom is -0.493 e. The number of benzene rings is 2. The number of rotatable bonds is 8. The predicted molar refractivity (Wildman–Crippen MR) is 81.1 cm³/mol. The van der Waals surface area contributed by atoms with E-state index in [1.807, 2.05) is 32.0 Å². The molecule has 0 heterocycles. The highest BCUT2D eigenvalue weighted by Crippen LogP contribution is 2.20. The van der Waals surface area contributed by atoms with Gasteiger partial charge in [-0.25, -0.2) is 0 Å². The second-order valence-corrected chi connectivity index (χ2v) is 4.49. The molecule has 3 heteroatoms. The molecule has 2 rings (SSSR count). The van der Waals surface area contributed by atoms with Crippen molar-refractivity contribution in [2.24, 2.45) is 0 Å². The Morgan fingerprint density at radius 1 is 0.900 bits per heavy atom. The molecule has 0 saturated heterocycles. The Kier molecular flexibility index (Phi) is 5.84. The van der Waals surface area contributed by atoms with Gasteiger partial charge >= 0.3 is 0 Å². The van der Waals surface area contributed by atoms with Crippen molar-refractivity contribution in [2.45, 2.75) is 26.6 Å². The quantitative estimate of drug-likeness (QED) is 0.681. The van der Waals surface area contributed by atoms with Crippen LogP contribution in [0.15, 0.2) is 42.5 Å². The molecule has 0 aliphatic heterocycles. The van der Waals surface area contributed by atoms with Crippen LogP contribution in [0.1, 0.15) is 20.3 Å². The minimum absolute atomic E-state index is 0.176. The van der Waals surface area contributed by atoms with Crippen molar-refractivity contribution in [1.82, 2.24) is 0 Å². The van der Waals surface area contributed by atoms with Crippen LogP contribution in [0.3, 0.4) is 0 Å². The van der Waals surface area contributed by atoms with Crippen LogP contribution in [0.4, 0.5) is 0 Å². The van der Waals surface area contributed by atoms with Crippen molar-refractivity contribution in [3.8, 4) is 5.75 Å². The van der Waals surface area contributed by atoms with Gasteiger partial charge in [-0.3, -0.25) is 0 Å². The van der Waals surface area contributed by atoms with Crippen molar-refractivity contribution in [2.75, 3.05) is 19.8 Å². The Bertz CT molecular complexity index is 518. The molecule has 0 spiro atoms. The van der Waals surface area contributed by atoms with Crippen molar-refractivity contribution in [1.29, 1.82) is 0 Å². The zero-order valence-electron chi connectivity index (χ0n) is 12.2. The molecule has 108 valence electrons. The molecular formula is C17H22O3. The van der Waals surface area contributed by atoms with Crippen molar-refractivity contribution in [3.63, 3.8) is 0 Å². The van der Waals surface area contributed by atoms with Crippen LogP contribution in [0.25, 0.3) is 10.8 Å². The summed E-state index contributed by atoms with van der Waals surface area (Å²) in [5, 5.41) is 2.41. The molecule has 0 unspecified atom stereocenters. The van der Waals surface area contributed by atoms with E-state index in [1.54, 1.807) is 0 Å². The molecule has 0 radical (unpaired) electrons. The summed E-state index contributed by atoms with van der Waals surface area (Å²) in [6, 6.07) is 14.4. The first-order valence-electron chi connectivity index (χ1n) is 7.18. The lowest BCUT2D eigenvalue weighted by Gasteiger charge is -2.17. The third-order valence-corrected chi connectivity index (χ3v) is 3.05. The molecule has 0 aromatic heterocycles. The monoisotopic (exact) mass is 274 g/mol. The number of hydrogen-bond donors (Lipinski definition) is 0. The molecule has 20 heavy (non-hydrogen) atoms. The van der Waals surface area contributed by atoms with E-state index in [2.05, 4.69) is 24.3 Å². The van der Waals surface area contributed by atoms with Crippen LogP contribution in [0.5, 0.6) is 5.75 Å². The molecule has 0 fully saturated rings. The highest BCUT2D eigenvalue weighted by molar-refractivity contribution is 5.83. The number of ether oxygens (including phenoxy) is 3. The van der Waals surface area contributed by atoms with E-state index in [0.29, 0.717) is 19.8 Å². The summed E-state index contributed by atoms with van der Waals surface area (Å²) in [5.41, 5.74) is 0. The van der Waals surface area contributed by atoms with Gasteiger partial charge < -0.3 is 14.2 Å². The van der Waals surface area contributed by atoms with Crippen molar-refractivity contribution >= 4 is 10.8 Å². The topological polar surface area (TPSA) is 27.7 Å². The van der Waals surface area contributed by atoms with Gasteiger partial charge in [0.1, 0.15) is 5.75 Å². The summed E-state index contributed by atoms with van der Waals surface area (Å²) in [4.78, 5) is 0. The predicted octanol–water partition coefficient (Wildman–Crippen LogP) is 4.01. The molecule has 0 aliphatic carbocycles. The maximum Gasteiger partial charge on any atom is 0.160 e. The Labute approximate surface area is 120 Å². The van der Waals surface area contributed by atoms with Crippen LogP contribution in [-0.2, 0) is 9.47 Å². The molecule has 0 saturated carbocycles. The standard InChI is InChI=1S/C17H22O3/c1-3-18-17(19-4-2)11-12-20-16-10-9-14-7-5-6-8-15(14)13-16/h5-10,13,17H,3-4,11-12H2,1-2H3. The fraction of sp³-hybridized carbons (Fsp3) is 0.412. The Balaban J connectivity index is 1.88. The van der Waals surface area contributed by atoms with E-state index in [4.69, 9.17) is 14.2 Å². The van der Waals surface area contributed by atoms with Crippen LogP contribution in [0.2, 0.25) is 0 Å². The van der Waals surface area contributed by atoms with Crippen LogP contribution < -0.4 is 4.74 Å². The molecular weight excluding hydrogens is 252 g/mol. The lowest BCUT2D eigenvalue weighted by molar-refractivity contribution is -0.142. The molecule has 2 aromatic rings. The molecule has 0 bridgehead atoms. The first-order chi connectivity index (χ1) is 9.83. The third kappa shape index (κ3) is 4.22. The normalized spacial score (nSPS) is 11.2. The third-order valence-electron chi connectivity index (χ3n) is 3.05. The molecule has 0 aliphatic rings. The Morgan fingerprint density at radius 2 is 1.60 bits per heavy atom. The fourth-order valence-corrected chi connectivity index (χ4v) is 2.12. The van der Waals surface area contributed by atoms with Gasteiger partial charge in [-0.1, -0.05) is 30.3 Å². The summed E-state index contributed by atoms with van der Waals surface area (Å²) in [6.07, 6.45) is 0.555. The maximum absolute atomic E-state index is 5.78. The summed E-state index contributed by atoms with van der Waals surface area (Å²) >= 11 is 0. The van der Waals surface area contributed by atoms with Gasteiger partial charge in [-0.2, -0.15) is 0 Å². The zero-order valence-corrected chi connectivity index (χ0v) is 12.2. The van der Waals surface area contributed by atoms with Gasteiger partial charge in [0, 0.05) is 19.6 Å². The highest BCUT2D eigenvalue weighted by Gasteiger charge is 2.08. The van der Waals surface area contributed by atoms with Crippen LogP contribution in [0, 0.1) is 0 Å². The lowest BCUT2D eigenvalue weighted by Crippen LogP contribution is -2.20. The van der Waals surface area contributed by atoms with Gasteiger partial charge in [0.2, 0.25) is 0 Å². The van der Waals surface area contributed by atoms with E-state index < -0.39 is 0 Å². The molecule has 0 N–H and O–H groups in total. The largest absolute Gasteiger partial charge is 0.493 e. The number of fused-ring (bicyclic) bond motifs is 1. The molecule has 0 amide bonds. The lowest BCUT2D eigenvalue weighted by atomic mass is 10.1. The highest BCUT2D eigenvalue weighted by atomic mass is 16.7. The van der Waals surface area contributed by atoms with E-state index >= 15 is 0 Å². The van der Waals surface area contributed by atoms with Gasteiger partial charge in [0.15, 0.2) is 6.29 Å². The van der Waals surface area contributed by atoms with E-state index in [1.165, 1.54) is 10.8 Å². The van der Waals surface area contributed by atoms with E-state index in [9.17, 15) is 0 Å². The second-order valence-electron chi connectivity index (χ2n) is 4.49. The smallest absolute Gasteiger partial charge is 0.160 e. The zero-order chi connectivity index (χ0) is 14.2. The number of hydrogen-bond acceptors (Lipinski definition) is 3. The van der Waals surface area contributed by atoms with E-state index in [-0.39, 0.29) is 6.29 Å². The average Bonchev–Trinajstić information content (AvgIpc) is 2.47. The van der Waals surface area contributed by atoms with E-state index in [0.717, 1.165) is 12.2 Å². The molecule has 3 nitrogen and oxygen atoms in total. The molecule has 2 aromatic carbocycles. The summed E-state index contributed by atoms with van der Waals surface area (Å²) in [5.74, 6) is 0.885. The van der Waals surface area contributed by atoms with Crippen molar-refractivity contribution < 1.29 is 14.2 Å². The van der Waals surface area contributed by atoms with Crippen LogP contribution >= 0.6 is 0 Å². The van der Waals surface area contributed by atoms with Crippen molar-refractivity contribution in [3.05, 3.63) is 42.5 Å². The Hall–Kier alpha value is -1.58. The van der Waals surface area contributed by atoms with Gasteiger partial charge in [-0.15, -0.1) is 0 Å². The van der Waals surface area contributed by atoms with Gasteiger partial charge in [0.05, 0.1) is 6.61 Å². The van der Waals surface area contributed by atoms with Crippen LogP contribution in [-0.4, -0.2) is 26.1 Å². The SMILES string of the molecule is CCOC(CCOc1ccc2ccccc2c1)OCC. The Morgan fingerprint density at radius 3 is 2.30 bits per heavy atom. The summed E-state index contributed by atoms with van der Waals surface area (Å²) in [7, 11) is 0. The second kappa shape index (κ2) is 7.88. The fourth-order valence-electron chi connectivity index (χ4n) is 2.12. The van der Waals surface area contributed by atoms with Gasteiger partial charge in [0.25, 0.3) is 0 Å². The first kappa shape index (κ1) is 14.8. The minimum atomic E-state index is -0.176. The first-order valence-corrected chi connectivity index (χ1v) is 7.18. The van der Waals surface area contributed by atoms with Gasteiger partial charge in [-0.05, 0) is 36.8 Å². The summed E-state index contributed by atoms with van der Waals surface area (Å²) in [6.45, 7) is 5.83. The molecule has 0 atom stereocenters. The summed E-state index contributed by atoms with van der Waals surface area (Å²) < 4.78 is 16.8. The maximum atomic E-state index is 5.78. The average molecular weight is 274 g/mol.